The maximum atomic E-state index is 11.8. The Morgan fingerprint density at radius 3 is 2.59 bits per heavy atom. The third kappa shape index (κ3) is 5.42. The van der Waals surface area contributed by atoms with Crippen LogP contribution >= 0.6 is 11.6 Å². The average Bonchev–Trinajstić information content (AvgIpc) is 3.49. The van der Waals surface area contributed by atoms with E-state index in [9.17, 15) is 5.11 Å². The van der Waals surface area contributed by atoms with Gasteiger partial charge in [0.1, 0.15) is 36.4 Å². The van der Waals surface area contributed by atoms with Crippen molar-refractivity contribution in [2.75, 3.05) is 6.61 Å². The van der Waals surface area contributed by atoms with E-state index < -0.39 is 44.7 Å². The molecular formula is C29H40ClN3O5Si. The molecule has 1 N–H and O–H groups in total. The van der Waals surface area contributed by atoms with E-state index in [-0.39, 0.29) is 5.04 Å². The number of benzene rings is 1. The molecule has 2 fully saturated rings. The Kier molecular flexibility index (Phi) is 7.50. The van der Waals surface area contributed by atoms with Crippen molar-refractivity contribution in [1.29, 1.82) is 0 Å². The van der Waals surface area contributed by atoms with Crippen molar-refractivity contribution in [3.8, 4) is 0 Å². The molecule has 2 aliphatic heterocycles. The molecule has 2 aromatic heterocycles. The minimum Gasteiger partial charge on any atom is -0.416 e. The molecule has 0 unspecified atom stereocenters. The summed E-state index contributed by atoms with van der Waals surface area (Å²) in [4.78, 5) is 8.82. The molecular weight excluding hydrogens is 534 g/mol. The highest BCUT2D eigenvalue weighted by Gasteiger charge is 2.58. The van der Waals surface area contributed by atoms with E-state index in [0.29, 0.717) is 18.1 Å². The lowest BCUT2D eigenvalue weighted by Crippen LogP contribution is -2.41. The quantitative estimate of drug-likeness (QED) is 0.341. The van der Waals surface area contributed by atoms with Gasteiger partial charge in [-0.2, -0.15) is 0 Å². The van der Waals surface area contributed by atoms with Crippen molar-refractivity contribution < 1.29 is 23.7 Å². The van der Waals surface area contributed by atoms with Crippen molar-refractivity contribution >= 4 is 31.0 Å². The number of hydrogen-bond acceptors (Lipinski definition) is 7. The van der Waals surface area contributed by atoms with E-state index in [4.69, 9.17) is 30.2 Å². The lowest BCUT2D eigenvalue weighted by Gasteiger charge is -2.36. The molecule has 3 aromatic rings. The standard InChI is InChI=1S/C29H40ClN3O5Si/c1-17-20-11-13-33(26(20)32-16-31-17)27-25-24(37-29(5,6)38-25)23(36-27)22(34)21-10-9-19(30)15-18(21)12-14-35-39(7,8)28(2,3)4/h9-11,13,15-16,22-25,27,34H,12,14H2,1-8H3/t22-,23+,24+,25+,27+/m0/s1. The van der Waals surface area contributed by atoms with Crippen molar-refractivity contribution in [2.45, 2.75) is 103 Å². The first-order valence-electron chi connectivity index (χ1n) is 13.6. The van der Waals surface area contributed by atoms with Gasteiger partial charge in [-0.05, 0) is 74.7 Å². The van der Waals surface area contributed by atoms with Crippen molar-refractivity contribution in [3.63, 3.8) is 0 Å². The Morgan fingerprint density at radius 1 is 1.15 bits per heavy atom. The maximum absolute atomic E-state index is 11.8. The van der Waals surface area contributed by atoms with Gasteiger partial charge in [0.15, 0.2) is 20.3 Å². The topological polar surface area (TPSA) is 87.9 Å². The van der Waals surface area contributed by atoms with E-state index in [1.165, 1.54) is 0 Å². The summed E-state index contributed by atoms with van der Waals surface area (Å²) >= 11 is 6.40. The number of fused-ring (bicyclic) bond motifs is 2. The summed E-state index contributed by atoms with van der Waals surface area (Å²) in [6.07, 6.45) is 1.06. The van der Waals surface area contributed by atoms with Crippen LogP contribution in [0.3, 0.4) is 0 Å². The van der Waals surface area contributed by atoms with Gasteiger partial charge in [-0.15, -0.1) is 0 Å². The highest BCUT2D eigenvalue weighted by molar-refractivity contribution is 6.74. The molecule has 8 nitrogen and oxygen atoms in total. The van der Waals surface area contributed by atoms with Crippen molar-refractivity contribution in [1.82, 2.24) is 14.5 Å². The summed E-state index contributed by atoms with van der Waals surface area (Å²) in [6.45, 7) is 17.4. The van der Waals surface area contributed by atoms with Gasteiger partial charge in [0, 0.05) is 23.2 Å². The lowest BCUT2D eigenvalue weighted by atomic mass is 9.94. The van der Waals surface area contributed by atoms with E-state index in [2.05, 4.69) is 43.8 Å². The van der Waals surface area contributed by atoms with Gasteiger partial charge in [0.05, 0.1) is 5.69 Å². The number of aromatic nitrogens is 3. The zero-order valence-corrected chi connectivity index (χ0v) is 25.8. The number of ether oxygens (including phenoxy) is 3. The van der Waals surface area contributed by atoms with Crippen LogP contribution in [0.5, 0.6) is 0 Å². The van der Waals surface area contributed by atoms with Crippen LogP contribution < -0.4 is 0 Å². The second-order valence-corrected chi connectivity index (χ2v) is 17.9. The fourth-order valence-electron chi connectivity index (χ4n) is 5.28. The highest BCUT2D eigenvalue weighted by Crippen LogP contribution is 2.47. The number of halogens is 1. The van der Waals surface area contributed by atoms with Gasteiger partial charge in [-0.1, -0.05) is 38.4 Å². The number of aliphatic hydroxyl groups is 1. The summed E-state index contributed by atoms with van der Waals surface area (Å²) < 4.78 is 27.6. The summed E-state index contributed by atoms with van der Waals surface area (Å²) in [7, 11) is -1.91. The largest absolute Gasteiger partial charge is 0.416 e. The average molecular weight is 574 g/mol. The molecule has 2 aliphatic rings. The third-order valence-electron chi connectivity index (χ3n) is 8.42. The molecule has 5 atom stereocenters. The molecule has 0 spiro atoms. The van der Waals surface area contributed by atoms with E-state index in [1.807, 2.05) is 49.7 Å². The van der Waals surface area contributed by atoms with E-state index in [1.54, 1.807) is 12.4 Å². The van der Waals surface area contributed by atoms with Crippen LogP contribution in [-0.4, -0.2) is 58.7 Å². The van der Waals surface area contributed by atoms with Crippen LogP contribution in [0.4, 0.5) is 0 Å². The minimum absolute atomic E-state index is 0.115. The van der Waals surface area contributed by atoms with Gasteiger partial charge >= 0.3 is 0 Å². The summed E-state index contributed by atoms with van der Waals surface area (Å²) in [5.74, 6) is -0.816. The van der Waals surface area contributed by atoms with Crippen LogP contribution in [-0.2, 0) is 25.1 Å². The molecule has 0 aliphatic carbocycles. The Hall–Kier alpha value is -1.85. The molecule has 1 aromatic carbocycles. The predicted molar refractivity (Wildman–Crippen MR) is 153 cm³/mol. The van der Waals surface area contributed by atoms with Gasteiger partial charge in [-0.3, -0.25) is 0 Å². The summed E-state index contributed by atoms with van der Waals surface area (Å²) in [6, 6.07) is 7.57. The molecule has 0 radical (unpaired) electrons. The molecule has 10 heteroatoms. The van der Waals surface area contributed by atoms with Gasteiger partial charge in [0.2, 0.25) is 0 Å². The normalized spacial score (nSPS) is 25.8. The van der Waals surface area contributed by atoms with Gasteiger partial charge in [-0.25, -0.2) is 9.97 Å². The molecule has 39 heavy (non-hydrogen) atoms. The Bertz CT molecular complexity index is 1350. The molecule has 0 amide bonds. The molecule has 5 rings (SSSR count). The van der Waals surface area contributed by atoms with Gasteiger partial charge < -0.3 is 28.3 Å². The second kappa shape index (κ2) is 10.2. The lowest BCUT2D eigenvalue weighted by molar-refractivity contribution is -0.207. The number of hydrogen-bond donors (Lipinski definition) is 1. The van der Waals surface area contributed by atoms with Crippen LogP contribution in [0.15, 0.2) is 36.8 Å². The Morgan fingerprint density at radius 2 is 1.87 bits per heavy atom. The SMILES string of the molecule is Cc1ncnc2c1ccn2[C@@H]1O[C@H]([C@@H](O)c2ccc(Cl)cc2CCO[Si](C)(C)C(C)(C)C)[C@H]2OC(C)(C)O[C@H]21. The monoisotopic (exact) mass is 573 g/mol. The predicted octanol–water partition coefficient (Wildman–Crippen LogP) is 6.11. The number of aryl methyl sites for hydroxylation is 1. The van der Waals surface area contributed by atoms with Crippen molar-refractivity contribution in [2.24, 2.45) is 0 Å². The number of nitrogens with zero attached hydrogens (tertiary/aromatic N) is 3. The van der Waals surface area contributed by atoms with Crippen LogP contribution in [0, 0.1) is 6.92 Å². The van der Waals surface area contributed by atoms with Crippen LogP contribution in [0.2, 0.25) is 23.2 Å². The first-order valence-corrected chi connectivity index (χ1v) is 16.9. The fourth-order valence-corrected chi connectivity index (χ4v) is 6.52. The zero-order valence-electron chi connectivity index (χ0n) is 24.1. The minimum atomic E-state index is -1.91. The molecule has 0 saturated carbocycles. The number of aliphatic hydroxyl groups excluding tert-OH is 1. The molecule has 0 bridgehead atoms. The van der Waals surface area contributed by atoms with Crippen LogP contribution in [0.25, 0.3) is 11.0 Å². The second-order valence-electron chi connectivity index (χ2n) is 12.6. The van der Waals surface area contributed by atoms with E-state index in [0.717, 1.165) is 27.9 Å². The van der Waals surface area contributed by atoms with Gasteiger partial charge in [0.25, 0.3) is 0 Å². The third-order valence-corrected chi connectivity index (χ3v) is 13.2. The van der Waals surface area contributed by atoms with Crippen molar-refractivity contribution in [3.05, 3.63) is 58.6 Å². The van der Waals surface area contributed by atoms with Crippen LogP contribution in [0.1, 0.15) is 63.8 Å². The Balaban J connectivity index is 1.43. The smallest absolute Gasteiger partial charge is 0.191 e. The number of rotatable bonds is 7. The summed E-state index contributed by atoms with van der Waals surface area (Å²) in [5, 5.41) is 13.5. The molecule has 212 valence electrons. The first-order chi connectivity index (χ1) is 18.2. The Labute approximate surface area is 236 Å². The maximum Gasteiger partial charge on any atom is 0.191 e. The molecule has 4 heterocycles. The fraction of sp³-hybridized carbons (Fsp3) is 0.586. The first kappa shape index (κ1) is 28.7. The highest BCUT2D eigenvalue weighted by atomic mass is 35.5. The zero-order chi connectivity index (χ0) is 28.3. The van der Waals surface area contributed by atoms with E-state index >= 15 is 0 Å². The summed E-state index contributed by atoms with van der Waals surface area (Å²) in [5.41, 5.74) is 3.33. The molecule has 2 saturated heterocycles.